The maximum absolute atomic E-state index is 11.4. The highest BCUT2D eigenvalue weighted by Gasteiger charge is 2.17. The van der Waals surface area contributed by atoms with Crippen molar-refractivity contribution in [2.24, 2.45) is 10.2 Å². The monoisotopic (exact) mass is 338 g/mol. The lowest BCUT2D eigenvalue weighted by Crippen LogP contribution is -1.88. The summed E-state index contributed by atoms with van der Waals surface area (Å²) >= 11 is 1.17. The SMILES string of the molecule is Nc1ccc(N=Nc2sc(C=O)c(-c3ccc(O)cc3)c2N)cc1. The van der Waals surface area contributed by atoms with Crippen molar-refractivity contribution in [3.05, 3.63) is 53.4 Å². The summed E-state index contributed by atoms with van der Waals surface area (Å²) in [5, 5.41) is 18.1. The molecule has 0 saturated carbocycles. The molecule has 0 amide bonds. The number of hydrogen-bond donors (Lipinski definition) is 3. The lowest BCUT2D eigenvalue weighted by atomic mass is 10.1. The first-order valence-electron chi connectivity index (χ1n) is 7.02. The summed E-state index contributed by atoms with van der Waals surface area (Å²) in [4.78, 5) is 11.8. The molecule has 6 nitrogen and oxygen atoms in total. The van der Waals surface area contributed by atoms with Crippen LogP contribution in [0.15, 0.2) is 58.8 Å². The van der Waals surface area contributed by atoms with E-state index in [0.717, 1.165) is 11.8 Å². The van der Waals surface area contributed by atoms with Gasteiger partial charge < -0.3 is 16.6 Å². The Morgan fingerprint density at radius 3 is 2.25 bits per heavy atom. The fraction of sp³-hybridized carbons (Fsp3) is 0. The topological polar surface area (TPSA) is 114 Å². The van der Waals surface area contributed by atoms with Gasteiger partial charge in [0.1, 0.15) is 5.75 Å². The van der Waals surface area contributed by atoms with E-state index in [0.29, 0.717) is 32.5 Å². The van der Waals surface area contributed by atoms with Crippen LogP contribution in [0.25, 0.3) is 11.1 Å². The van der Waals surface area contributed by atoms with Crippen LogP contribution in [0.1, 0.15) is 9.67 Å². The van der Waals surface area contributed by atoms with Gasteiger partial charge in [0.15, 0.2) is 11.3 Å². The van der Waals surface area contributed by atoms with Gasteiger partial charge in [-0.05, 0) is 42.0 Å². The van der Waals surface area contributed by atoms with Gasteiger partial charge in [-0.3, -0.25) is 4.79 Å². The predicted octanol–water partition coefficient (Wildman–Crippen LogP) is 4.51. The Balaban J connectivity index is 1.99. The number of phenolic OH excluding ortho intramolecular Hbond substituents is 1. The third kappa shape index (κ3) is 3.11. The quantitative estimate of drug-likeness (QED) is 0.369. The van der Waals surface area contributed by atoms with E-state index in [4.69, 9.17) is 11.5 Å². The van der Waals surface area contributed by atoms with E-state index in [9.17, 15) is 9.90 Å². The van der Waals surface area contributed by atoms with Gasteiger partial charge in [0.05, 0.1) is 16.3 Å². The van der Waals surface area contributed by atoms with Crippen LogP contribution in [0, 0.1) is 0 Å². The maximum Gasteiger partial charge on any atom is 0.163 e. The van der Waals surface area contributed by atoms with Crippen molar-refractivity contribution in [3.8, 4) is 16.9 Å². The van der Waals surface area contributed by atoms with Gasteiger partial charge in [0.2, 0.25) is 0 Å². The van der Waals surface area contributed by atoms with Gasteiger partial charge in [-0.15, -0.1) is 21.6 Å². The zero-order chi connectivity index (χ0) is 17.1. The molecule has 0 unspecified atom stereocenters. The third-order valence-electron chi connectivity index (χ3n) is 3.37. The van der Waals surface area contributed by atoms with Gasteiger partial charge in [-0.1, -0.05) is 12.1 Å². The number of phenols is 1. The van der Waals surface area contributed by atoms with Crippen LogP contribution >= 0.6 is 11.3 Å². The molecule has 0 aliphatic carbocycles. The molecule has 3 rings (SSSR count). The van der Waals surface area contributed by atoms with Gasteiger partial charge in [-0.25, -0.2) is 0 Å². The molecule has 0 aliphatic heterocycles. The fourth-order valence-electron chi connectivity index (χ4n) is 2.18. The molecule has 0 radical (unpaired) electrons. The van der Waals surface area contributed by atoms with E-state index in [1.165, 1.54) is 23.5 Å². The average Bonchev–Trinajstić information content (AvgIpc) is 2.91. The van der Waals surface area contributed by atoms with Crippen molar-refractivity contribution in [2.75, 3.05) is 11.5 Å². The Morgan fingerprint density at radius 2 is 1.62 bits per heavy atom. The number of nitrogen functional groups attached to an aromatic ring is 2. The van der Waals surface area contributed by atoms with Crippen LogP contribution in [0.3, 0.4) is 0 Å². The average molecular weight is 338 g/mol. The van der Waals surface area contributed by atoms with Crippen molar-refractivity contribution in [3.63, 3.8) is 0 Å². The standard InChI is InChI=1S/C17H14N4O2S/c18-11-3-5-12(6-4-11)20-21-17-16(19)15(14(9-22)24-17)10-1-7-13(23)8-2-10/h1-9,23H,18-19H2. The van der Waals surface area contributed by atoms with Crippen molar-refractivity contribution < 1.29 is 9.90 Å². The number of rotatable bonds is 4. The molecule has 7 heteroatoms. The number of aromatic hydroxyl groups is 1. The minimum Gasteiger partial charge on any atom is -0.508 e. The fourth-order valence-corrected chi connectivity index (χ4v) is 3.06. The van der Waals surface area contributed by atoms with E-state index < -0.39 is 0 Å². The van der Waals surface area contributed by atoms with E-state index in [2.05, 4.69) is 10.2 Å². The molecular formula is C17H14N4O2S. The van der Waals surface area contributed by atoms with E-state index in [1.807, 2.05) is 0 Å². The van der Waals surface area contributed by atoms with Crippen LogP contribution in [-0.4, -0.2) is 11.4 Å². The number of benzene rings is 2. The molecule has 2 aromatic carbocycles. The van der Waals surface area contributed by atoms with Gasteiger partial charge >= 0.3 is 0 Å². The Kier molecular flexibility index (Phi) is 4.26. The molecule has 0 atom stereocenters. The second kappa shape index (κ2) is 6.51. The van der Waals surface area contributed by atoms with Crippen LogP contribution < -0.4 is 11.5 Å². The normalized spacial score (nSPS) is 11.0. The first-order chi connectivity index (χ1) is 11.6. The minimum atomic E-state index is 0.142. The molecule has 0 spiro atoms. The summed E-state index contributed by atoms with van der Waals surface area (Å²) in [6.45, 7) is 0. The van der Waals surface area contributed by atoms with Gasteiger partial charge in [-0.2, -0.15) is 0 Å². The minimum absolute atomic E-state index is 0.142. The number of nitrogens with zero attached hydrogens (tertiary/aromatic N) is 2. The summed E-state index contributed by atoms with van der Waals surface area (Å²) in [6.07, 6.45) is 0.742. The van der Waals surface area contributed by atoms with E-state index >= 15 is 0 Å². The first kappa shape index (κ1) is 15.7. The highest BCUT2D eigenvalue weighted by molar-refractivity contribution is 7.18. The molecule has 5 N–H and O–H groups in total. The zero-order valence-electron chi connectivity index (χ0n) is 12.5. The maximum atomic E-state index is 11.4. The van der Waals surface area contributed by atoms with Crippen molar-refractivity contribution in [2.45, 2.75) is 0 Å². The van der Waals surface area contributed by atoms with Crippen LogP contribution in [-0.2, 0) is 0 Å². The Labute approximate surface area is 142 Å². The highest BCUT2D eigenvalue weighted by atomic mass is 32.1. The summed E-state index contributed by atoms with van der Waals surface area (Å²) < 4.78 is 0. The van der Waals surface area contributed by atoms with Crippen molar-refractivity contribution in [1.29, 1.82) is 0 Å². The second-order valence-corrected chi connectivity index (χ2v) is 6.05. The largest absolute Gasteiger partial charge is 0.508 e. The number of azo groups is 1. The second-order valence-electron chi connectivity index (χ2n) is 5.02. The van der Waals surface area contributed by atoms with Crippen LogP contribution in [0.2, 0.25) is 0 Å². The van der Waals surface area contributed by atoms with Crippen molar-refractivity contribution in [1.82, 2.24) is 0 Å². The number of thiophene rings is 1. The molecule has 0 aliphatic rings. The molecule has 24 heavy (non-hydrogen) atoms. The predicted molar refractivity (Wildman–Crippen MR) is 96.3 cm³/mol. The molecule has 120 valence electrons. The first-order valence-corrected chi connectivity index (χ1v) is 7.84. The molecule has 3 aromatic rings. The Bertz CT molecular complexity index is 900. The third-order valence-corrected chi connectivity index (χ3v) is 4.38. The van der Waals surface area contributed by atoms with Crippen LogP contribution in [0.4, 0.5) is 22.1 Å². The molecule has 0 bridgehead atoms. The summed E-state index contributed by atoms with van der Waals surface area (Å²) in [7, 11) is 0. The summed E-state index contributed by atoms with van der Waals surface area (Å²) in [5.74, 6) is 0.142. The number of nitrogens with two attached hydrogens (primary N) is 2. The highest BCUT2D eigenvalue weighted by Crippen LogP contribution is 2.44. The molecular weight excluding hydrogens is 324 g/mol. The van der Waals surface area contributed by atoms with Crippen LogP contribution in [0.5, 0.6) is 5.75 Å². The lowest BCUT2D eigenvalue weighted by Gasteiger charge is -2.02. The van der Waals surface area contributed by atoms with E-state index in [-0.39, 0.29) is 5.75 Å². The summed E-state index contributed by atoms with van der Waals surface area (Å²) in [5.41, 5.74) is 14.8. The van der Waals surface area contributed by atoms with Crippen molar-refractivity contribution >= 4 is 39.7 Å². The summed E-state index contributed by atoms with van der Waals surface area (Å²) in [6, 6.07) is 13.4. The number of aldehydes is 1. The number of hydrogen-bond acceptors (Lipinski definition) is 7. The molecule has 0 saturated heterocycles. The molecule has 1 heterocycles. The zero-order valence-corrected chi connectivity index (χ0v) is 13.3. The molecule has 1 aromatic heterocycles. The lowest BCUT2D eigenvalue weighted by molar-refractivity contribution is 0.112. The number of carbonyl (C=O) groups is 1. The van der Waals surface area contributed by atoms with E-state index in [1.54, 1.807) is 36.4 Å². The molecule has 0 fully saturated rings. The Morgan fingerprint density at radius 1 is 0.958 bits per heavy atom. The smallest absolute Gasteiger partial charge is 0.163 e. The Hall–Kier alpha value is -3.19. The number of anilines is 2. The number of carbonyl (C=O) groups excluding carboxylic acids is 1. The van der Waals surface area contributed by atoms with Gasteiger partial charge in [0, 0.05) is 11.3 Å². The van der Waals surface area contributed by atoms with Gasteiger partial charge in [0.25, 0.3) is 0 Å².